The molecule has 0 aliphatic carbocycles. The number of para-hydroxylation sites is 2. The van der Waals surface area contributed by atoms with Gasteiger partial charge in [-0.25, -0.2) is 0 Å². The van der Waals surface area contributed by atoms with Crippen LogP contribution in [-0.4, -0.2) is 18.6 Å². The zero-order valence-electron chi connectivity index (χ0n) is 16.2. The highest BCUT2D eigenvalue weighted by Crippen LogP contribution is 2.26. The van der Waals surface area contributed by atoms with Crippen molar-refractivity contribution in [3.63, 3.8) is 0 Å². The van der Waals surface area contributed by atoms with Gasteiger partial charge in [-0.2, -0.15) is 0 Å². The van der Waals surface area contributed by atoms with E-state index in [1.54, 1.807) is 12.1 Å². The summed E-state index contributed by atoms with van der Waals surface area (Å²) in [7, 11) is 0. The summed E-state index contributed by atoms with van der Waals surface area (Å²) in [5, 5.41) is 2.92. The molecule has 0 saturated heterocycles. The maximum Gasteiger partial charge on any atom is 0.255 e. The Bertz CT molecular complexity index is 906. The number of nitrogens with one attached hydrogen (secondary N) is 1. The van der Waals surface area contributed by atoms with E-state index in [4.69, 9.17) is 9.47 Å². The molecule has 3 rings (SSSR count). The number of benzene rings is 3. The predicted molar refractivity (Wildman–Crippen MR) is 112 cm³/mol. The van der Waals surface area contributed by atoms with E-state index in [0.717, 1.165) is 6.42 Å². The summed E-state index contributed by atoms with van der Waals surface area (Å²) in [6.45, 7) is 4.46. The maximum atomic E-state index is 12.7. The summed E-state index contributed by atoms with van der Waals surface area (Å²) in [5.74, 6) is 1.13. The molecule has 0 fully saturated rings. The van der Waals surface area contributed by atoms with E-state index < -0.39 is 0 Å². The molecule has 144 valence electrons. The molecule has 0 bridgehead atoms. The third kappa shape index (κ3) is 5.61. The first-order valence-electron chi connectivity index (χ1n) is 9.45. The quantitative estimate of drug-likeness (QED) is 0.577. The molecule has 4 nitrogen and oxygen atoms in total. The summed E-state index contributed by atoms with van der Waals surface area (Å²) in [4.78, 5) is 12.7. The Morgan fingerprint density at radius 2 is 1.68 bits per heavy atom. The van der Waals surface area contributed by atoms with Crippen LogP contribution in [0, 0.1) is 0 Å². The van der Waals surface area contributed by atoms with Gasteiger partial charge in [0.05, 0.1) is 18.4 Å². The van der Waals surface area contributed by atoms with Crippen molar-refractivity contribution in [1.82, 2.24) is 0 Å². The van der Waals surface area contributed by atoms with Gasteiger partial charge >= 0.3 is 0 Å². The van der Waals surface area contributed by atoms with E-state index >= 15 is 0 Å². The number of ether oxygens (including phenoxy) is 2. The Balaban J connectivity index is 1.62. The zero-order valence-corrected chi connectivity index (χ0v) is 16.2. The molecular formula is C24H25NO3. The van der Waals surface area contributed by atoms with Gasteiger partial charge in [0.1, 0.15) is 11.5 Å². The highest BCUT2D eigenvalue weighted by atomic mass is 16.5. The van der Waals surface area contributed by atoms with Gasteiger partial charge in [-0.3, -0.25) is 4.79 Å². The van der Waals surface area contributed by atoms with Crippen molar-refractivity contribution in [1.29, 1.82) is 0 Å². The monoisotopic (exact) mass is 375 g/mol. The fourth-order valence-electron chi connectivity index (χ4n) is 2.78. The third-order valence-electron chi connectivity index (χ3n) is 4.10. The maximum absolute atomic E-state index is 12.7. The Hall–Kier alpha value is -3.27. The summed E-state index contributed by atoms with van der Waals surface area (Å²) in [6, 6.07) is 24.8. The van der Waals surface area contributed by atoms with E-state index in [1.165, 1.54) is 5.56 Å². The van der Waals surface area contributed by atoms with E-state index in [0.29, 0.717) is 29.4 Å². The summed E-state index contributed by atoms with van der Waals surface area (Å²) < 4.78 is 11.6. The average molecular weight is 375 g/mol. The zero-order chi connectivity index (χ0) is 19.8. The minimum atomic E-state index is -0.201. The Morgan fingerprint density at radius 3 is 2.46 bits per heavy atom. The molecule has 0 saturated carbocycles. The second-order valence-electron chi connectivity index (χ2n) is 6.73. The van der Waals surface area contributed by atoms with Crippen LogP contribution < -0.4 is 14.8 Å². The van der Waals surface area contributed by atoms with Crippen molar-refractivity contribution in [2.24, 2.45) is 0 Å². The Labute approximate surface area is 166 Å². The normalized spacial score (nSPS) is 10.5. The first-order chi connectivity index (χ1) is 13.6. The molecule has 0 aliphatic heterocycles. The highest BCUT2D eigenvalue weighted by Gasteiger charge is 2.11. The molecule has 0 unspecified atom stereocenters. The molecule has 0 aliphatic rings. The lowest BCUT2D eigenvalue weighted by Gasteiger charge is -2.15. The van der Waals surface area contributed by atoms with Crippen molar-refractivity contribution in [3.8, 4) is 11.5 Å². The summed E-state index contributed by atoms with van der Waals surface area (Å²) >= 11 is 0. The van der Waals surface area contributed by atoms with Gasteiger partial charge in [0.2, 0.25) is 0 Å². The minimum Gasteiger partial charge on any atom is -0.493 e. The number of carbonyl (C=O) groups excluding carboxylic acids is 1. The van der Waals surface area contributed by atoms with Gasteiger partial charge in [-0.15, -0.1) is 0 Å². The van der Waals surface area contributed by atoms with Crippen LogP contribution >= 0.6 is 0 Å². The lowest BCUT2D eigenvalue weighted by molar-refractivity contribution is 0.102. The van der Waals surface area contributed by atoms with Crippen molar-refractivity contribution in [3.05, 3.63) is 90.0 Å². The minimum absolute atomic E-state index is 0.0272. The number of amides is 1. The van der Waals surface area contributed by atoms with Crippen LogP contribution in [0.25, 0.3) is 0 Å². The second kappa shape index (κ2) is 9.60. The fraction of sp³-hybridized carbons (Fsp3) is 0.208. The Kier molecular flexibility index (Phi) is 6.68. The highest BCUT2D eigenvalue weighted by molar-refractivity contribution is 6.05. The van der Waals surface area contributed by atoms with E-state index in [1.807, 2.05) is 68.4 Å². The van der Waals surface area contributed by atoms with Crippen LogP contribution in [-0.2, 0) is 6.42 Å². The lowest BCUT2D eigenvalue weighted by atomic mass is 10.1. The number of anilines is 1. The summed E-state index contributed by atoms with van der Waals surface area (Å²) in [6.07, 6.45) is 0.844. The first-order valence-corrected chi connectivity index (χ1v) is 9.45. The van der Waals surface area contributed by atoms with Crippen LogP contribution in [0.1, 0.15) is 29.8 Å². The Morgan fingerprint density at radius 1 is 0.929 bits per heavy atom. The van der Waals surface area contributed by atoms with E-state index in [-0.39, 0.29) is 12.0 Å². The standard InChI is InChI=1S/C24H25NO3/c1-18(2)28-23-14-7-6-13-22(23)25-24(26)20-11-8-12-21(17-20)27-16-15-19-9-4-3-5-10-19/h3-14,17-18H,15-16H2,1-2H3,(H,25,26). The van der Waals surface area contributed by atoms with Crippen molar-refractivity contribution in [2.45, 2.75) is 26.4 Å². The molecule has 4 heteroatoms. The van der Waals surface area contributed by atoms with Gasteiger partial charge in [0.25, 0.3) is 5.91 Å². The first kappa shape index (κ1) is 19.5. The molecule has 3 aromatic carbocycles. The number of carbonyl (C=O) groups is 1. The van der Waals surface area contributed by atoms with Gasteiger partial charge < -0.3 is 14.8 Å². The molecule has 0 heterocycles. The average Bonchev–Trinajstić information content (AvgIpc) is 2.70. The largest absolute Gasteiger partial charge is 0.493 e. The van der Waals surface area contributed by atoms with Gasteiger partial charge in [-0.1, -0.05) is 48.5 Å². The molecule has 3 aromatic rings. The molecule has 0 spiro atoms. The molecular weight excluding hydrogens is 350 g/mol. The van der Waals surface area contributed by atoms with E-state index in [2.05, 4.69) is 17.4 Å². The molecule has 0 radical (unpaired) electrons. The fourth-order valence-corrected chi connectivity index (χ4v) is 2.78. The molecule has 28 heavy (non-hydrogen) atoms. The molecule has 1 N–H and O–H groups in total. The number of hydrogen-bond donors (Lipinski definition) is 1. The van der Waals surface area contributed by atoms with Crippen molar-refractivity contribution in [2.75, 3.05) is 11.9 Å². The molecule has 0 aromatic heterocycles. The van der Waals surface area contributed by atoms with Crippen LogP contribution in [0.4, 0.5) is 5.69 Å². The second-order valence-corrected chi connectivity index (χ2v) is 6.73. The van der Waals surface area contributed by atoms with Gasteiger partial charge in [-0.05, 0) is 49.7 Å². The smallest absolute Gasteiger partial charge is 0.255 e. The molecule has 0 atom stereocenters. The topological polar surface area (TPSA) is 47.6 Å². The van der Waals surface area contributed by atoms with Gasteiger partial charge in [0, 0.05) is 12.0 Å². The van der Waals surface area contributed by atoms with Crippen LogP contribution in [0.2, 0.25) is 0 Å². The predicted octanol–water partition coefficient (Wildman–Crippen LogP) is 5.35. The van der Waals surface area contributed by atoms with Gasteiger partial charge in [0.15, 0.2) is 0 Å². The van der Waals surface area contributed by atoms with E-state index in [9.17, 15) is 4.79 Å². The van der Waals surface area contributed by atoms with Crippen LogP contribution in [0.15, 0.2) is 78.9 Å². The van der Waals surface area contributed by atoms with Crippen molar-refractivity contribution >= 4 is 11.6 Å². The number of rotatable bonds is 8. The third-order valence-corrected chi connectivity index (χ3v) is 4.10. The van der Waals surface area contributed by atoms with Crippen LogP contribution in [0.3, 0.4) is 0 Å². The SMILES string of the molecule is CC(C)Oc1ccccc1NC(=O)c1cccc(OCCc2ccccc2)c1. The lowest BCUT2D eigenvalue weighted by Crippen LogP contribution is -2.14. The van der Waals surface area contributed by atoms with Crippen molar-refractivity contribution < 1.29 is 14.3 Å². The molecule has 1 amide bonds. The summed E-state index contributed by atoms with van der Waals surface area (Å²) in [5.41, 5.74) is 2.41. The van der Waals surface area contributed by atoms with Crippen LogP contribution in [0.5, 0.6) is 11.5 Å². The number of hydrogen-bond acceptors (Lipinski definition) is 3.